The van der Waals surface area contributed by atoms with Gasteiger partial charge in [-0.15, -0.1) is 0 Å². The number of primary amides is 1. The van der Waals surface area contributed by atoms with Crippen molar-refractivity contribution >= 4 is 12.0 Å². The zero-order valence-corrected chi connectivity index (χ0v) is 15.8. The minimum atomic E-state index is -0.904. The van der Waals surface area contributed by atoms with Crippen molar-refractivity contribution in [1.29, 1.82) is 0 Å². The SMILES string of the molecule is CN(Cc1ccc(F)cc1)C(=O)[C@@H](CC(C)(C)OC(N)=O)c1ccccc1. The van der Waals surface area contributed by atoms with Gasteiger partial charge in [0, 0.05) is 20.0 Å². The van der Waals surface area contributed by atoms with Crippen molar-refractivity contribution in [2.24, 2.45) is 5.73 Å². The molecule has 0 fully saturated rings. The van der Waals surface area contributed by atoms with Gasteiger partial charge in [-0.05, 0) is 37.1 Å². The van der Waals surface area contributed by atoms with Gasteiger partial charge in [0.05, 0.1) is 5.92 Å². The van der Waals surface area contributed by atoms with Crippen LogP contribution in [0, 0.1) is 5.82 Å². The third kappa shape index (κ3) is 6.09. The number of carbonyl (C=O) groups excluding carboxylic acids is 2. The Bertz CT molecular complexity index is 776. The van der Waals surface area contributed by atoms with Crippen molar-refractivity contribution < 1.29 is 18.7 Å². The number of nitrogens with two attached hydrogens (primary N) is 1. The van der Waals surface area contributed by atoms with Crippen LogP contribution in [0.2, 0.25) is 0 Å². The van der Waals surface area contributed by atoms with Gasteiger partial charge >= 0.3 is 6.09 Å². The number of amides is 2. The summed E-state index contributed by atoms with van der Waals surface area (Å²) in [5.41, 5.74) is 5.91. The number of benzene rings is 2. The fourth-order valence-electron chi connectivity index (χ4n) is 3.05. The van der Waals surface area contributed by atoms with Crippen LogP contribution in [0.3, 0.4) is 0 Å². The highest BCUT2D eigenvalue weighted by molar-refractivity contribution is 5.83. The van der Waals surface area contributed by atoms with E-state index in [1.54, 1.807) is 37.9 Å². The lowest BCUT2D eigenvalue weighted by Crippen LogP contribution is -2.38. The van der Waals surface area contributed by atoms with Gasteiger partial charge in [-0.2, -0.15) is 0 Å². The van der Waals surface area contributed by atoms with Crippen molar-refractivity contribution in [3.05, 3.63) is 71.5 Å². The molecule has 2 N–H and O–H groups in total. The summed E-state index contributed by atoms with van der Waals surface area (Å²) < 4.78 is 18.3. The third-order valence-corrected chi connectivity index (χ3v) is 4.28. The van der Waals surface area contributed by atoms with Crippen molar-refractivity contribution in [2.45, 2.75) is 38.3 Å². The molecule has 0 heterocycles. The monoisotopic (exact) mass is 372 g/mol. The number of nitrogens with zero attached hydrogens (tertiary/aromatic N) is 1. The molecule has 0 saturated heterocycles. The molecule has 0 aliphatic rings. The Hall–Kier alpha value is -2.89. The summed E-state index contributed by atoms with van der Waals surface area (Å²) in [5.74, 6) is -0.946. The molecule has 0 unspecified atom stereocenters. The minimum absolute atomic E-state index is 0.119. The molecule has 0 spiro atoms. The molecule has 5 nitrogen and oxygen atoms in total. The minimum Gasteiger partial charge on any atom is -0.444 e. The molecule has 1 atom stereocenters. The van der Waals surface area contributed by atoms with Crippen LogP contribution in [0.25, 0.3) is 0 Å². The third-order valence-electron chi connectivity index (χ3n) is 4.28. The van der Waals surface area contributed by atoms with Crippen LogP contribution < -0.4 is 5.73 Å². The smallest absolute Gasteiger partial charge is 0.405 e. The molecule has 2 aromatic carbocycles. The summed E-state index contributed by atoms with van der Waals surface area (Å²) >= 11 is 0. The van der Waals surface area contributed by atoms with Crippen molar-refractivity contribution in [1.82, 2.24) is 4.90 Å². The summed E-state index contributed by atoms with van der Waals surface area (Å²) in [5, 5.41) is 0. The number of likely N-dealkylation sites (N-methyl/N-ethyl adjacent to an activating group) is 1. The van der Waals surface area contributed by atoms with E-state index in [1.807, 2.05) is 30.3 Å². The number of carbonyl (C=O) groups is 2. The Morgan fingerprint density at radius 3 is 2.26 bits per heavy atom. The van der Waals surface area contributed by atoms with E-state index < -0.39 is 17.6 Å². The standard InChI is InChI=1S/C21H25FN2O3/c1-21(2,27-20(23)26)13-18(16-7-5-4-6-8-16)19(25)24(3)14-15-9-11-17(22)12-10-15/h4-12,18H,13-14H2,1-3H3,(H2,23,26)/t18-/m0/s1. The summed E-state index contributed by atoms with van der Waals surface area (Å²) in [4.78, 5) is 25.9. The van der Waals surface area contributed by atoms with Crippen molar-refractivity contribution in [2.75, 3.05) is 7.05 Å². The molecule has 27 heavy (non-hydrogen) atoms. The van der Waals surface area contributed by atoms with Gasteiger partial charge in [-0.1, -0.05) is 42.5 Å². The molecular weight excluding hydrogens is 347 g/mol. The number of hydrogen-bond acceptors (Lipinski definition) is 3. The lowest BCUT2D eigenvalue weighted by Gasteiger charge is -2.31. The highest BCUT2D eigenvalue weighted by Crippen LogP contribution is 2.30. The average Bonchev–Trinajstić information content (AvgIpc) is 2.60. The topological polar surface area (TPSA) is 72.6 Å². The molecule has 6 heteroatoms. The molecule has 0 saturated carbocycles. The molecule has 144 valence electrons. The van der Waals surface area contributed by atoms with Crippen LogP contribution in [-0.2, 0) is 16.1 Å². The fourth-order valence-corrected chi connectivity index (χ4v) is 3.05. The average molecular weight is 372 g/mol. The maximum atomic E-state index is 13.2. The first-order valence-electron chi connectivity index (χ1n) is 8.71. The van der Waals surface area contributed by atoms with Gasteiger partial charge in [-0.3, -0.25) is 4.79 Å². The van der Waals surface area contributed by atoms with Gasteiger partial charge in [0.2, 0.25) is 5.91 Å². The first kappa shape index (κ1) is 20.4. The highest BCUT2D eigenvalue weighted by atomic mass is 19.1. The number of rotatable bonds is 7. The Kier molecular flexibility index (Phi) is 6.55. The summed E-state index contributed by atoms with van der Waals surface area (Å²) in [6, 6.07) is 15.4. The first-order chi connectivity index (χ1) is 12.7. The van der Waals surface area contributed by atoms with E-state index >= 15 is 0 Å². The van der Waals surface area contributed by atoms with Crippen LogP contribution in [0.4, 0.5) is 9.18 Å². The van der Waals surface area contributed by atoms with E-state index in [0.29, 0.717) is 6.54 Å². The van der Waals surface area contributed by atoms with Gasteiger partial charge in [0.25, 0.3) is 0 Å². The van der Waals surface area contributed by atoms with Gasteiger partial charge in [-0.25, -0.2) is 9.18 Å². The summed E-state index contributed by atoms with van der Waals surface area (Å²) in [6.07, 6.45) is -0.592. The second-order valence-corrected chi connectivity index (χ2v) is 7.17. The fraction of sp³-hybridized carbons (Fsp3) is 0.333. The Labute approximate surface area is 158 Å². The van der Waals surface area contributed by atoms with Crippen molar-refractivity contribution in [3.8, 4) is 0 Å². The molecule has 2 rings (SSSR count). The van der Waals surface area contributed by atoms with Crippen molar-refractivity contribution in [3.63, 3.8) is 0 Å². The number of halogens is 1. The molecule has 0 aromatic heterocycles. The molecule has 0 aliphatic carbocycles. The van der Waals surface area contributed by atoms with E-state index in [4.69, 9.17) is 10.5 Å². The number of hydrogen-bond donors (Lipinski definition) is 1. The zero-order chi connectivity index (χ0) is 20.0. The molecule has 0 aliphatic heterocycles. The zero-order valence-electron chi connectivity index (χ0n) is 15.8. The van der Waals surface area contributed by atoms with E-state index in [0.717, 1.165) is 11.1 Å². The predicted molar refractivity (Wildman–Crippen MR) is 101 cm³/mol. The van der Waals surface area contributed by atoms with Gasteiger partial charge in [0.1, 0.15) is 11.4 Å². The molecule has 2 aromatic rings. The normalized spacial score (nSPS) is 12.3. The predicted octanol–water partition coefficient (Wildman–Crippen LogP) is 3.83. The number of ether oxygens (including phenoxy) is 1. The maximum absolute atomic E-state index is 13.2. The second-order valence-electron chi connectivity index (χ2n) is 7.17. The second kappa shape index (κ2) is 8.66. The van der Waals surface area contributed by atoms with E-state index in [9.17, 15) is 14.0 Å². The lowest BCUT2D eigenvalue weighted by atomic mass is 9.86. The Morgan fingerprint density at radius 2 is 1.70 bits per heavy atom. The van der Waals surface area contributed by atoms with Crippen LogP contribution in [0.1, 0.15) is 37.3 Å². The highest BCUT2D eigenvalue weighted by Gasteiger charge is 2.33. The van der Waals surface area contributed by atoms with Gasteiger partial charge in [0.15, 0.2) is 0 Å². The quantitative estimate of drug-likeness (QED) is 0.803. The van der Waals surface area contributed by atoms with Gasteiger partial charge < -0.3 is 15.4 Å². The molecule has 2 amide bonds. The largest absolute Gasteiger partial charge is 0.444 e. The first-order valence-corrected chi connectivity index (χ1v) is 8.71. The summed E-state index contributed by atoms with van der Waals surface area (Å²) in [7, 11) is 1.70. The lowest BCUT2D eigenvalue weighted by molar-refractivity contribution is -0.133. The molecular formula is C21H25FN2O3. The molecule has 0 bridgehead atoms. The van der Waals surface area contributed by atoms with Crippen LogP contribution >= 0.6 is 0 Å². The maximum Gasteiger partial charge on any atom is 0.405 e. The van der Waals surface area contributed by atoms with E-state index in [2.05, 4.69) is 0 Å². The summed E-state index contributed by atoms with van der Waals surface area (Å²) in [6.45, 7) is 3.79. The van der Waals surface area contributed by atoms with E-state index in [1.165, 1.54) is 12.1 Å². The van der Waals surface area contributed by atoms with Crippen LogP contribution in [0.5, 0.6) is 0 Å². The van der Waals surface area contributed by atoms with Crippen LogP contribution in [0.15, 0.2) is 54.6 Å². The molecule has 0 radical (unpaired) electrons. The Morgan fingerprint density at radius 1 is 1.11 bits per heavy atom. The van der Waals surface area contributed by atoms with E-state index in [-0.39, 0.29) is 18.1 Å². The Balaban J connectivity index is 2.22. The van der Waals surface area contributed by atoms with Crippen LogP contribution in [-0.4, -0.2) is 29.5 Å².